The van der Waals surface area contributed by atoms with E-state index in [1.165, 1.54) is 37.3 Å². The average Bonchev–Trinajstić information content (AvgIpc) is 2.66. The number of halogens is 4. The number of urea groups is 1. The topological polar surface area (TPSA) is 97.6 Å². The molecule has 3 rings (SSSR count). The monoisotopic (exact) mass is 442 g/mol. The number of rotatable bonds is 5. The van der Waals surface area contributed by atoms with E-state index in [1.54, 1.807) is 0 Å². The number of nitrogens with zero attached hydrogens (tertiary/aromatic N) is 2. The highest BCUT2D eigenvalue weighted by Gasteiger charge is 2.51. The van der Waals surface area contributed by atoms with Gasteiger partial charge in [0.1, 0.15) is 11.4 Å². The minimum Gasteiger partial charge on any atom is -0.417 e. The molecule has 3 amide bonds. The molecule has 1 fully saturated rings. The number of benzene rings is 1. The van der Waals surface area contributed by atoms with Crippen LogP contribution in [0, 0.1) is 5.82 Å². The van der Waals surface area contributed by atoms with Crippen molar-refractivity contribution in [2.75, 3.05) is 13.1 Å². The molecule has 7 nitrogen and oxygen atoms in total. The molecular weight excluding hydrogens is 425 g/mol. The van der Waals surface area contributed by atoms with E-state index >= 15 is 0 Å². The van der Waals surface area contributed by atoms with Gasteiger partial charge in [0.05, 0.1) is 16.6 Å². The molecule has 1 unspecified atom stereocenters. The van der Waals surface area contributed by atoms with Gasteiger partial charge in [0.15, 0.2) is 0 Å². The summed E-state index contributed by atoms with van der Waals surface area (Å²) in [4.78, 5) is 30.4. The number of alkyl halides is 2. The van der Waals surface area contributed by atoms with Gasteiger partial charge in [-0.2, -0.15) is 8.78 Å². The number of hydrogen-bond acceptors (Lipinski definition) is 4. The van der Waals surface area contributed by atoms with E-state index in [0.717, 1.165) is 11.0 Å². The van der Waals surface area contributed by atoms with Crippen molar-refractivity contribution >= 4 is 23.5 Å². The van der Waals surface area contributed by atoms with Crippen LogP contribution in [0.5, 0.6) is 5.88 Å². The van der Waals surface area contributed by atoms with Crippen molar-refractivity contribution in [2.45, 2.75) is 25.0 Å². The summed E-state index contributed by atoms with van der Waals surface area (Å²) in [6.45, 7) is -1.36. The van der Waals surface area contributed by atoms with Gasteiger partial charge in [0.25, 0.3) is 0 Å². The van der Waals surface area contributed by atoms with Crippen LogP contribution in [0.3, 0.4) is 0 Å². The lowest BCUT2D eigenvalue weighted by molar-refractivity contribution is -0.134. The van der Waals surface area contributed by atoms with Gasteiger partial charge in [0, 0.05) is 19.2 Å². The van der Waals surface area contributed by atoms with Crippen LogP contribution >= 0.6 is 11.6 Å². The predicted octanol–water partition coefficient (Wildman–Crippen LogP) is 2.88. The van der Waals surface area contributed by atoms with E-state index in [1.807, 2.05) is 0 Å². The van der Waals surface area contributed by atoms with Crippen molar-refractivity contribution in [1.29, 1.82) is 0 Å². The quantitative estimate of drug-likeness (QED) is 0.744. The predicted molar refractivity (Wildman–Crippen MR) is 102 cm³/mol. The molecule has 2 atom stereocenters. The normalized spacial score (nSPS) is 20.1. The van der Waals surface area contributed by atoms with Gasteiger partial charge in [-0.25, -0.2) is 14.2 Å². The Morgan fingerprint density at radius 3 is 2.73 bits per heavy atom. The molecule has 1 aliphatic rings. The number of pyridine rings is 1. The lowest BCUT2D eigenvalue weighted by Crippen LogP contribution is -2.68. The molecular formula is C19H18ClF3N4O3. The maximum Gasteiger partial charge on any atom is 0.388 e. The maximum atomic E-state index is 13.8. The minimum atomic E-state index is -3.11. The van der Waals surface area contributed by atoms with Crippen molar-refractivity contribution in [3.8, 4) is 5.88 Å². The third-order valence-corrected chi connectivity index (χ3v) is 5.29. The van der Waals surface area contributed by atoms with E-state index < -0.39 is 35.8 Å². The van der Waals surface area contributed by atoms with Crippen molar-refractivity contribution in [3.05, 3.63) is 58.5 Å². The van der Waals surface area contributed by atoms with Crippen LogP contribution in [0.15, 0.2) is 36.4 Å². The fraction of sp³-hybridized carbons (Fsp3) is 0.316. The Balaban J connectivity index is 2.23. The van der Waals surface area contributed by atoms with Gasteiger partial charge in [0.2, 0.25) is 11.8 Å². The number of primary amides is 1. The van der Waals surface area contributed by atoms with Gasteiger partial charge in [-0.15, -0.1) is 0 Å². The number of ether oxygens (including phenoxy) is 1. The summed E-state index contributed by atoms with van der Waals surface area (Å²) < 4.78 is 43.5. The lowest BCUT2D eigenvalue weighted by Gasteiger charge is -2.47. The number of piperazine rings is 1. The van der Waals surface area contributed by atoms with E-state index in [0.29, 0.717) is 5.56 Å². The molecule has 160 valence electrons. The van der Waals surface area contributed by atoms with Crippen LogP contribution in [-0.4, -0.2) is 47.1 Å². The number of aromatic nitrogens is 1. The zero-order valence-corrected chi connectivity index (χ0v) is 16.5. The summed E-state index contributed by atoms with van der Waals surface area (Å²) in [6, 6.07) is 7.02. The maximum absolute atomic E-state index is 13.8. The second-order valence-corrected chi connectivity index (χ2v) is 7.19. The molecule has 30 heavy (non-hydrogen) atoms. The second-order valence-electron chi connectivity index (χ2n) is 6.78. The van der Waals surface area contributed by atoms with E-state index in [4.69, 9.17) is 17.3 Å². The van der Waals surface area contributed by atoms with Crippen LogP contribution in [0.25, 0.3) is 0 Å². The first-order valence-corrected chi connectivity index (χ1v) is 9.24. The molecule has 1 aliphatic heterocycles. The molecule has 0 saturated carbocycles. The van der Waals surface area contributed by atoms with E-state index in [9.17, 15) is 22.8 Å². The minimum absolute atomic E-state index is 0.107. The molecule has 0 radical (unpaired) electrons. The molecule has 1 aromatic carbocycles. The Hall–Kier alpha value is -3.01. The molecule has 0 spiro atoms. The van der Waals surface area contributed by atoms with Crippen LogP contribution in [-0.2, 0) is 4.79 Å². The zero-order chi connectivity index (χ0) is 22.1. The molecule has 0 aliphatic carbocycles. The molecule has 11 heteroatoms. The van der Waals surface area contributed by atoms with Gasteiger partial charge < -0.3 is 20.7 Å². The Morgan fingerprint density at radius 1 is 1.37 bits per heavy atom. The molecule has 1 saturated heterocycles. The van der Waals surface area contributed by atoms with Gasteiger partial charge in [-0.3, -0.25) is 4.79 Å². The van der Waals surface area contributed by atoms with Crippen LogP contribution in [0.2, 0.25) is 5.02 Å². The summed E-state index contributed by atoms with van der Waals surface area (Å²) in [6.07, 6.45) is 0. The summed E-state index contributed by atoms with van der Waals surface area (Å²) in [5, 5.41) is 2.46. The Morgan fingerprint density at radius 2 is 2.10 bits per heavy atom. The fourth-order valence-electron chi connectivity index (χ4n) is 3.66. The van der Waals surface area contributed by atoms with Crippen molar-refractivity contribution < 1.29 is 27.5 Å². The summed E-state index contributed by atoms with van der Waals surface area (Å²) >= 11 is 5.94. The number of carbonyl (C=O) groups is 2. The Kier molecular flexibility index (Phi) is 6.06. The summed E-state index contributed by atoms with van der Waals surface area (Å²) in [5.74, 6) is -2.64. The van der Waals surface area contributed by atoms with Crippen molar-refractivity contribution in [2.24, 2.45) is 5.73 Å². The number of nitrogens with one attached hydrogen (secondary N) is 1. The highest BCUT2D eigenvalue weighted by atomic mass is 35.5. The number of nitrogens with two attached hydrogens (primary N) is 1. The Labute approximate surface area is 175 Å². The fourth-order valence-corrected chi connectivity index (χ4v) is 3.85. The molecule has 3 N–H and O–H groups in total. The van der Waals surface area contributed by atoms with E-state index in [2.05, 4.69) is 15.0 Å². The average molecular weight is 443 g/mol. The standard InChI is InChI=1S/C19H18ClF3N4O3/c1-19(16(28)25-7-8-27(19)18(24)29)15(10-5-6-12(21)11(20)9-10)13-3-2-4-14(26-13)30-17(22)23/h2-6,9,15,17H,7-8H2,1H3,(H2,24,29)(H,25,28)/t15-,19?/m0/s1. The largest absolute Gasteiger partial charge is 0.417 e. The second kappa shape index (κ2) is 8.39. The first-order chi connectivity index (χ1) is 14.1. The molecule has 0 bridgehead atoms. The summed E-state index contributed by atoms with van der Waals surface area (Å²) in [7, 11) is 0. The molecule has 2 heterocycles. The Bertz CT molecular complexity index is 978. The van der Waals surface area contributed by atoms with Crippen molar-refractivity contribution in [1.82, 2.24) is 15.2 Å². The van der Waals surface area contributed by atoms with Crippen LogP contribution in [0.4, 0.5) is 18.0 Å². The number of carbonyl (C=O) groups excluding carboxylic acids is 2. The lowest BCUT2D eigenvalue weighted by atomic mass is 9.75. The number of hydrogen-bond donors (Lipinski definition) is 2. The highest BCUT2D eigenvalue weighted by Crippen LogP contribution is 2.41. The van der Waals surface area contributed by atoms with Gasteiger partial charge in [-0.05, 0) is 30.7 Å². The third-order valence-electron chi connectivity index (χ3n) is 5.00. The zero-order valence-electron chi connectivity index (χ0n) is 15.7. The molecule has 2 aromatic rings. The van der Waals surface area contributed by atoms with Gasteiger partial charge >= 0.3 is 12.6 Å². The first kappa shape index (κ1) is 21.7. The van der Waals surface area contributed by atoms with Crippen LogP contribution in [0.1, 0.15) is 24.1 Å². The van der Waals surface area contributed by atoms with Crippen molar-refractivity contribution in [3.63, 3.8) is 0 Å². The third kappa shape index (κ3) is 4.00. The number of amides is 3. The SMILES string of the molecule is CC1([C@@H](c2ccc(F)c(Cl)c2)c2cccc(OC(F)F)n2)C(=O)NCCN1C(N)=O. The van der Waals surface area contributed by atoms with Gasteiger partial charge in [-0.1, -0.05) is 23.7 Å². The first-order valence-electron chi connectivity index (χ1n) is 8.86. The summed E-state index contributed by atoms with van der Waals surface area (Å²) in [5.41, 5.74) is 4.37. The van der Waals surface area contributed by atoms with E-state index in [-0.39, 0.29) is 29.7 Å². The highest BCUT2D eigenvalue weighted by molar-refractivity contribution is 6.30. The smallest absolute Gasteiger partial charge is 0.388 e. The van der Waals surface area contributed by atoms with Crippen LogP contribution < -0.4 is 15.8 Å². The molecule has 1 aromatic heterocycles.